The number of nitrogens with zero attached hydrogens (tertiary/aromatic N) is 1. The summed E-state index contributed by atoms with van der Waals surface area (Å²) in [5.74, 6) is -0.804. The highest BCUT2D eigenvalue weighted by Crippen LogP contribution is 2.17. The summed E-state index contributed by atoms with van der Waals surface area (Å²) < 4.78 is 40.2. The molecule has 1 rings (SSSR count). The zero-order valence-electron chi connectivity index (χ0n) is 12.9. The predicted octanol–water partition coefficient (Wildman–Crippen LogP) is 1.81. The largest absolute Gasteiger partial charge is 0.399 e. The molecule has 3 N–H and O–H groups in total. The molecule has 0 radical (unpaired) electrons. The van der Waals surface area contributed by atoms with Crippen LogP contribution in [-0.2, 0) is 10.0 Å². The van der Waals surface area contributed by atoms with Crippen LogP contribution in [0.15, 0.2) is 23.1 Å². The molecular weight excluding hydrogens is 293 g/mol. The Labute approximate surface area is 126 Å². The van der Waals surface area contributed by atoms with Crippen LogP contribution in [0.1, 0.15) is 27.7 Å². The number of nitrogens with one attached hydrogen (secondary N) is 1. The minimum absolute atomic E-state index is 0.211. The van der Waals surface area contributed by atoms with Crippen LogP contribution in [0.5, 0.6) is 0 Å². The van der Waals surface area contributed by atoms with E-state index in [1.165, 1.54) is 6.07 Å². The maximum absolute atomic E-state index is 13.6. The van der Waals surface area contributed by atoms with E-state index in [1.54, 1.807) is 0 Å². The lowest BCUT2D eigenvalue weighted by Crippen LogP contribution is -2.42. The molecule has 0 fully saturated rings. The van der Waals surface area contributed by atoms with E-state index >= 15 is 0 Å². The number of hydrogen-bond acceptors (Lipinski definition) is 4. The first-order valence-electron chi connectivity index (χ1n) is 6.95. The quantitative estimate of drug-likeness (QED) is 0.752. The summed E-state index contributed by atoms with van der Waals surface area (Å²) in [5, 5.41) is 0. The van der Waals surface area contributed by atoms with Gasteiger partial charge >= 0.3 is 0 Å². The van der Waals surface area contributed by atoms with E-state index in [9.17, 15) is 12.8 Å². The van der Waals surface area contributed by atoms with Gasteiger partial charge in [0.25, 0.3) is 0 Å². The molecule has 0 spiro atoms. The molecule has 0 bridgehead atoms. The zero-order chi connectivity index (χ0) is 16.2. The molecule has 1 aromatic carbocycles. The van der Waals surface area contributed by atoms with E-state index in [2.05, 4.69) is 9.62 Å². The van der Waals surface area contributed by atoms with Gasteiger partial charge in [0.2, 0.25) is 10.0 Å². The molecule has 0 saturated carbocycles. The lowest BCUT2D eigenvalue weighted by molar-refractivity contribution is 0.179. The second-order valence-corrected chi connectivity index (χ2v) is 7.25. The Hall–Kier alpha value is -1.18. The molecule has 0 aliphatic carbocycles. The molecule has 0 heterocycles. The molecular formula is C14H24FN3O2S. The Bertz CT molecular complexity index is 566. The van der Waals surface area contributed by atoms with Crippen molar-refractivity contribution in [3.8, 4) is 0 Å². The third kappa shape index (κ3) is 4.94. The molecule has 0 amide bonds. The van der Waals surface area contributed by atoms with Crippen molar-refractivity contribution < 1.29 is 12.8 Å². The maximum Gasteiger partial charge on any atom is 0.243 e. The first-order valence-corrected chi connectivity index (χ1v) is 8.44. The summed E-state index contributed by atoms with van der Waals surface area (Å²) in [6.07, 6.45) is 0. The normalized spacial score (nSPS) is 12.6. The van der Waals surface area contributed by atoms with Gasteiger partial charge in [0.1, 0.15) is 10.7 Å². The number of benzene rings is 1. The van der Waals surface area contributed by atoms with E-state index in [0.29, 0.717) is 18.6 Å². The fraction of sp³-hybridized carbons (Fsp3) is 0.571. The first-order chi connectivity index (χ1) is 9.65. The third-order valence-electron chi connectivity index (χ3n) is 3.23. The molecule has 0 aromatic heterocycles. The van der Waals surface area contributed by atoms with Gasteiger partial charge < -0.3 is 5.73 Å². The minimum Gasteiger partial charge on any atom is -0.399 e. The molecule has 7 heteroatoms. The van der Waals surface area contributed by atoms with Gasteiger partial charge in [-0.1, -0.05) is 0 Å². The van der Waals surface area contributed by atoms with Gasteiger partial charge in [-0.3, -0.25) is 4.90 Å². The van der Waals surface area contributed by atoms with Crippen LogP contribution < -0.4 is 10.5 Å². The van der Waals surface area contributed by atoms with E-state index in [0.717, 1.165) is 12.1 Å². The van der Waals surface area contributed by atoms with Gasteiger partial charge in [-0.15, -0.1) is 0 Å². The van der Waals surface area contributed by atoms with Gasteiger partial charge in [-0.05, 0) is 45.9 Å². The second kappa shape index (κ2) is 7.20. The molecule has 0 aliphatic rings. The average Bonchev–Trinajstić information content (AvgIpc) is 2.36. The van der Waals surface area contributed by atoms with Gasteiger partial charge in [0, 0.05) is 30.9 Å². The predicted molar refractivity (Wildman–Crippen MR) is 83.0 cm³/mol. The summed E-state index contributed by atoms with van der Waals surface area (Å²) >= 11 is 0. The fourth-order valence-electron chi connectivity index (χ4n) is 2.23. The smallest absolute Gasteiger partial charge is 0.243 e. The van der Waals surface area contributed by atoms with Gasteiger partial charge in [0.15, 0.2) is 0 Å². The van der Waals surface area contributed by atoms with Gasteiger partial charge in [-0.2, -0.15) is 0 Å². The number of anilines is 1. The van der Waals surface area contributed by atoms with Crippen molar-refractivity contribution in [3.63, 3.8) is 0 Å². The summed E-state index contributed by atoms with van der Waals surface area (Å²) in [6, 6.07) is 4.11. The van der Waals surface area contributed by atoms with E-state index in [1.807, 2.05) is 27.7 Å². The summed E-state index contributed by atoms with van der Waals surface area (Å²) in [7, 11) is -3.89. The van der Waals surface area contributed by atoms with Crippen LogP contribution in [0.25, 0.3) is 0 Å². The standard InChI is InChI=1S/C14H24FN3O2S/c1-10(2)18(11(3)4)8-7-17-21(19,20)14-9-12(16)5-6-13(14)15/h5-6,9-11,17H,7-8,16H2,1-4H3. The van der Waals surface area contributed by atoms with Crippen molar-refractivity contribution in [1.82, 2.24) is 9.62 Å². The van der Waals surface area contributed by atoms with Crippen LogP contribution in [0.2, 0.25) is 0 Å². The third-order valence-corrected chi connectivity index (χ3v) is 4.71. The monoisotopic (exact) mass is 317 g/mol. The van der Waals surface area contributed by atoms with Gasteiger partial charge in [0.05, 0.1) is 0 Å². The molecule has 120 valence electrons. The topological polar surface area (TPSA) is 75.4 Å². The first kappa shape index (κ1) is 17.9. The Kier molecular flexibility index (Phi) is 6.12. The van der Waals surface area contributed by atoms with Crippen molar-refractivity contribution >= 4 is 15.7 Å². The van der Waals surface area contributed by atoms with E-state index in [-0.39, 0.29) is 12.2 Å². The Morgan fingerprint density at radius 1 is 1.24 bits per heavy atom. The highest BCUT2D eigenvalue weighted by Gasteiger charge is 2.20. The SMILES string of the molecule is CC(C)N(CCNS(=O)(=O)c1cc(N)ccc1F)C(C)C. The zero-order valence-corrected chi connectivity index (χ0v) is 13.7. The number of sulfonamides is 1. The highest BCUT2D eigenvalue weighted by molar-refractivity contribution is 7.89. The molecule has 0 aliphatic heterocycles. The molecule has 0 saturated heterocycles. The number of nitrogen functional groups attached to an aromatic ring is 1. The highest BCUT2D eigenvalue weighted by atomic mass is 32.2. The van der Waals surface area contributed by atoms with Crippen molar-refractivity contribution in [2.24, 2.45) is 0 Å². The number of hydrogen-bond donors (Lipinski definition) is 2. The molecule has 0 atom stereocenters. The Morgan fingerprint density at radius 3 is 2.33 bits per heavy atom. The maximum atomic E-state index is 13.6. The van der Waals surface area contributed by atoms with Gasteiger partial charge in [-0.25, -0.2) is 17.5 Å². The molecule has 0 unspecified atom stereocenters. The second-order valence-electron chi connectivity index (χ2n) is 5.51. The lowest BCUT2D eigenvalue weighted by atomic mass is 10.2. The fourth-order valence-corrected chi connectivity index (χ4v) is 3.36. The van der Waals surface area contributed by atoms with Crippen molar-refractivity contribution in [3.05, 3.63) is 24.0 Å². The Morgan fingerprint density at radius 2 is 1.81 bits per heavy atom. The van der Waals surface area contributed by atoms with Crippen LogP contribution >= 0.6 is 0 Å². The summed E-state index contributed by atoms with van der Waals surface area (Å²) in [6.45, 7) is 8.96. The number of nitrogens with two attached hydrogens (primary N) is 1. The minimum atomic E-state index is -3.89. The average molecular weight is 317 g/mol. The number of halogens is 1. The van der Waals surface area contributed by atoms with Crippen LogP contribution in [0, 0.1) is 5.82 Å². The van der Waals surface area contributed by atoms with Crippen molar-refractivity contribution in [1.29, 1.82) is 0 Å². The van der Waals surface area contributed by atoms with Crippen LogP contribution in [-0.4, -0.2) is 38.5 Å². The molecule has 5 nitrogen and oxygen atoms in total. The van der Waals surface area contributed by atoms with E-state index in [4.69, 9.17) is 5.73 Å². The van der Waals surface area contributed by atoms with Crippen LogP contribution in [0.4, 0.5) is 10.1 Å². The van der Waals surface area contributed by atoms with E-state index < -0.39 is 20.7 Å². The van der Waals surface area contributed by atoms with Crippen molar-refractivity contribution in [2.45, 2.75) is 44.7 Å². The Balaban J connectivity index is 2.76. The van der Waals surface area contributed by atoms with Crippen molar-refractivity contribution in [2.75, 3.05) is 18.8 Å². The summed E-state index contributed by atoms with van der Waals surface area (Å²) in [4.78, 5) is 1.74. The molecule has 21 heavy (non-hydrogen) atoms. The number of rotatable bonds is 7. The molecule has 1 aromatic rings. The summed E-state index contributed by atoms with van der Waals surface area (Å²) in [5.41, 5.74) is 5.72. The van der Waals surface area contributed by atoms with Crippen LogP contribution in [0.3, 0.4) is 0 Å². The lowest BCUT2D eigenvalue weighted by Gasteiger charge is -2.30.